The second kappa shape index (κ2) is 8.35. The predicted octanol–water partition coefficient (Wildman–Crippen LogP) is 2.41. The highest BCUT2D eigenvalue weighted by atomic mass is 16.4. The molecule has 0 fully saturated rings. The van der Waals surface area contributed by atoms with Crippen LogP contribution in [0.4, 0.5) is 16.2 Å². The van der Waals surface area contributed by atoms with Crippen LogP contribution in [0.3, 0.4) is 0 Å². The van der Waals surface area contributed by atoms with Crippen LogP contribution in [-0.2, 0) is 22.4 Å². The number of benzene rings is 2. The molecule has 0 aliphatic carbocycles. The first-order valence-corrected chi connectivity index (χ1v) is 8.77. The molecule has 27 heavy (non-hydrogen) atoms. The van der Waals surface area contributed by atoms with Crippen molar-refractivity contribution in [1.29, 1.82) is 0 Å². The van der Waals surface area contributed by atoms with Gasteiger partial charge in [-0.05, 0) is 29.7 Å². The lowest BCUT2D eigenvalue weighted by molar-refractivity contribution is -0.136. The second-order valence-corrected chi connectivity index (χ2v) is 6.33. The number of nitrogens with zero attached hydrogens (tertiary/aromatic N) is 1. The lowest BCUT2D eigenvalue weighted by Crippen LogP contribution is -2.31. The molecular weight excluding hydrogens is 346 g/mol. The fourth-order valence-corrected chi connectivity index (χ4v) is 3.04. The molecule has 0 unspecified atom stereocenters. The molecule has 3 amide bonds. The van der Waals surface area contributed by atoms with E-state index in [0.29, 0.717) is 18.7 Å². The minimum absolute atomic E-state index is 0.0167. The van der Waals surface area contributed by atoms with Crippen molar-refractivity contribution < 1.29 is 19.5 Å². The van der Waals surface area contributed by atoms with E-state index in [1.54, 1.807) is 17.0 Å². The smallest absolute Gasteiger partial charge is 0.319 e. The van der Waals surface area contributed by atoms with E-state index in [4.69, 9.17) is 5.11 Å². The number of nitrogens with one attached hydrogen (secondary N) is 2. The van der Waals surface area contributed by atoms with Crippen molar-refractivity contribution >= 4 is 29.3 Å². The molecular formula is C20H21N3O4. The van der Waals surface area contributed by atoms with Crippen molar-refractivity contribution in [2.45, 2.75) is 19.3 Å². The van der Waals surface area contributed by atoms with Crippen LogP contribution in [0.15, 0.2) is 48.5 Å². The summed E-state index contributed by atoms with van der Waals surface area (Å²) in [4.78, 5) is 36.8. The maximum atomic E-state index is 12.7. The van der Waals surface area contributed by atoms with Gasteiger partial charge in [-0.25, -0.2) is 4.79 Å². The van der Waals surface area contributed by atoms with Crippen molar-refractivity contribution in [2.24, 2.45) is 0 Å². The topological polar surface area (TPSA) is 98.7 Å². The van der Waals surface area contributed by atoms with Crippen LogP contribution in [-0.4, -0.2) is 36.1 Å². The fraction of sp³-hybridized carbons (Fsp3) is 0.250. The van der Waals surface area contributed by atoms with E-state index in [1.165, 1.54) is 0 Å². The van der Waals surface area contributed by atoms with Crippen LogP contribution in [0.25, 0.3) is 0 Å². The Hall–Kier alpha value is -3.35. The fourth-order valence-electron chi connectivity index (χ4n) is 3.04. The Labute approximate surface area is 157 Å². The number of anilines is 2. The number of urea groups is 1. The molecule has 3 N–H and O–H groups in total. The second-order valence-electron chi connectivity index (χ2n) is 6.33. The van der Waals surface area contributed by atoms with Crippen LogP contribution < -0.4 is 15.5 Å². The number of fused-ring (bicyclic) bond motifs is 1. The largest absolute Gasteiger partial charge is 0.481 e. The number of hydrogen-bond donors (Lipinski definition) is 3. The normalized spacial score (nSPS) is 12.4. The molecule has 7 heteroatoms. The molecule has 0 saturated carbocycles. The highest BCUT2D eigenvalue weighted by Crippen LogP contribution is 2.31. The predicted molar refractivity (Wildman–Crippen MR) is 102 cm³/mol. The third-order valence-electron chi connectivity index (χ3n) is 4.36. The van der Waals surface area contributed by atoms with E-state index < -0.39 is 12.0 Å². The van der Waals surface area contributed by atoms with E-state index in [0.717, 1.165) is 23.2 Å². The zero-order valence-electron chi connectivity index (χ0n) is 14.8. The molecule has 2 aromatic carbocycles. The third kappa shape index (κ3) is 4.84. The lowest BCUT2D eigenvalue weighted by Gasteiger charge is -2.18. The molecule has 0 saturated heterocycles. The number of amides is 3. The Morgan fingerprint density at radius 2 is 1.85 bits per heavy atom. The molecule has 0 spiro atoms. The van der Waals surface area contributed by atoms with Gasteiger partial charge in [-0.3, -0.25) is 9.59 Å². The number of rotatable bonds is 6. The number of carbonyl (C=O) groups excluding carboxylic acids is 2. The SMILES string of the molecule is O=C(O)CCNC(=O)Nc1ccc2c(c1)N(C(=O)Cc1ccccc1)CC2. The number of hydrogen-bond acceptors (Lipinski definition) is 3. The van der Waals surface area contributed by atoms with Gasteiger partial charge in [0.1, 0.15) is 0 Å². The van der Waals surface area contributed by atoms with Crippen molar-refractivity contribution in [1.82, 2.24) is 5.32 Å². The summed E-state index contributed by atoms with van der Waals surface area (Å²) in [6.45, 7) is 0.670. The summed E-state index contributed by atoms with van der Waals surface area (Å²) in [5.74, 6) is -0.955. The highest BCUT2D eigenvalue weighted by Gasteiger charge is 2.25. The number of carboxylic acids is 1. The average molecular weight is 367 g/mol. The van der Waals surface area contributed by atoms with Gasteiger partial charge in [0.15, 0.2) is 0 Å². The Bertz CT molecular complexity index is 852. The summed E-state index contributed by atoms with van der Waals surface area (Å²) in [7, 11) is 0. The van der Waals surface area contributed by atoms with E-state index in [9.17, 15) is 14.4 Å². The first kappa shape index (κ1) is 18.4. The van der Waals surface area contributed by atoms with Gasteiger partial charge in [0, 0.05) is 24.5 Å². The molecule has 2 aromatic rings. The van der Waals surface area contributed by atoms with E-state index in [2.05, 4.69) is 10.6 Å². The number of aliphatic carboxylic acids is 1. The molecule has 1 aliphatic rings. The monoisotopic (exact) mass is 367 g/mol. The minimum atomic E-state index is -0.972. The summed E-state index contributed by atoms with van der Waals surface area (Å²) in [5.41, 5.74) is 3.39. The molecule has 0 atom stereocenters. The van der Waals surface area contributed by atoms with Gasteiger partial charge in [-0.1, -0.05) is 36.4 Å². The van der Waals surface area contributed by atoms with Crippen LogP contribution in [0.2, 0.25) is 0 Å². The molecule has 1 aliphatic heterocycles. The quantitative estimate of drug-likeness (QED) is 0.730. The third-order valence-corrected chi connectivity index (χ3v) is 4.36. The van der Waals surface area contributed by atoms with Crippen molar-refractivity contribution in [2.75, 3.05) is 23.3 Å². The van der Waals surface area contributed by atoms with Crippen molar-refractivity contribution in [3.8, 4) is 0 Å². The van der Waals surface area contributed by atoms with Gasteiger partial charge in [0.25, 0.3) is 0 Å². The standard InChI is InChI=1S/C20H21N3O4/c24-18(12-14-4-2-1-3-5-14)23-11-9-15-6-7-16(13-17(15)23)22-20(27)21-10-8-19(25)26/h1-7,13H,8-12H2,(H,25,26)(H2,21,22,27). The summed E-state index contributed by atoms with van der Waals surface area (Å²) >= 11 is 0. The zero-order chi connectivity index (χ0) is 19.2. The number of carboxylic acid groups (broad SMARTS) is 1. The van der Waals surface area contributed by atoms with Gasteiger partial charge in [-0.2, -0.15) is 0 Å². The maximum Gasteiger partial charge on any atom is 0.319 e. The molecule has 3 rings (SSSR count). The van der Waals surface area contributed by atoms with Gasteiger partial charge in [0.05, 0.1) is 12.8 Å². The molecule has 0 radical (unpaired) electrons. The summed E-state index contributed by atoms with van der Waals surface area (Å²) < 4.78 is 0. The molecule has 0 aromatic heterocycles. The van der Waals surface area contributed by atoms with Crippen LogP contribution in [0, 0.1) is 0 Å². The average Bonchev–Trinajstić information content (AvgIpc) is 3.05. The Kier molecular flexibility index (Phi) is 5.71. The Morgan fingerprint density at radius 1 is 1.07 bits per heavy atom. The first-order chi connectivity index (χ1) is 13.0. The minimum Gasteiger partial charge on any atom is -0.481 e. The van der Waals surface area contributed by atoms with Gasteiger partial charge in [-0.15, -0.1) is 0 Å². The summed E-state index contributed by atoms with van der Waals surface area (Å²) in [5, 5.41) is 13.8. The van der Waals surface area contributed by atoms with Gasteiger partial charge >= 0.3 is 12.0 Å². The Morgan fingerprint density at radius 3 is 2.59 bits per heavy atom. The van der Waals surface area contributed by atoms with Crippen molar-refractivity contribution in [3.63, 3.8) is 0 Å². The van der Waals surface area contributed by atoms with E-state index >= 15 is 0 Å². The molecule has 1 heterocycles. The Balaban J connectivity index is 1.65. The van der Waals surface area contributed by atoms with Gasteiger partial charge in [0.2, 0.25) is 5.91 Å². The molecule has 0 bridgehead atoms. The first-order valence-electron chi connectivity index (χ1n) is 8.77. The molecule has 7 nitrogen and oxygen atoms in total. The molecule has 140 valence electrons. The lowest BCUT2D eigenvalue weighted by atomic mass is 10.1. The van der Waals surface area contributed by atoms with Crippen LogP contribution >= 0.6 is 0 Å². The van der Waals surface area contributed by atoms with Gasteiger partial charge < -0.3 is 20.6 Å². The summed E-state index contributed by atoms with van der Waals surface area (Å²) in [6, 6.07) is 14.6. The van der Waals surface area contributed by atoms with Crippen molar-refractivity contribution in [3.05, 3.63) is 59.7 Å². The zero-order valence-corrected chi connectivity index (χ0v) is 14.8. The summed E-state index contributed by atoms with van der Waals surface area (Å²) in [6.07, 6.45) is 0.966. The number of carbonyl (C=O) groups is 3. The van der Waals surface area contributed by atoms with E-state index in [-0.39, 0.29) is 18.9 Å². The van der Waals surface area contributed by atoms with Crippen LogP contribution in [0.1, 0.15) is 17.5 Å². The maximum absolute atomic E-state index is 12.7. The van der Waals surface area contributed by atoms with Crippen LogP contribution in [0.5, 0.6) is 0 Å². The highest BCUT2D eigenvalue weighted by molar-refractivity contribution is 5.98. The van der Waals surface area contributed by atoms with E-state index in [1.807, 2.05) is 36.4 Å².